The molecule has 0 aromatic heterocycles. The van der Waals surface area contributed by atoms with Crippen molar-refractivity contribution < 1.29 is 22.7 Å². The summed E-state index contributed by atoms with van der Waals surface area (Å²) >= 11 is 6.02. The van der Waals surface area contributed by atoms with E-state index >= 15 is 0 Å². The van der Waals surface area contributed by atoms with Crippen molar-refractivity contribution >= 4 is 33.4 Å². The van der Waals surface area contributed by atoms with Crippen LogP contribution in [0.2, 0.25) is 5.02 Å². The summed E-state index contributed by atoms with van der Waals surface area (Å²) < 4.78 is 32.0. The number of amides is 2. The number of halogens is 1. The monoisotopic (exact) mass is 571 g/mol. The number of rotatable bonds is 13. The van der Waals surface area contributed by atoms with Crippen molar-refractivity contribution in [2.24, 2.45) is 0 Å². The van der Waals surface area contributed by atoms with E-state index in [2.05, 4.69) is 10.0 Å². The van der Waals surface area contributed by atoms with Crippen LogP contribution in [0.25, 0.3) is 0 Å². The summed E-state index contributed by atoms with van der Waals surface area (Å²) in [6.45, 7) is 4.28. The number of hydrogen-bond acceptors (Lipinski definition) is 5. The topological polar surface area (TPSA) is 105 Å². The second-order valence-corrected chi connectivity index (χ2v) is 11.2. The number of hydrogen-bond donors (Lipinski definition) is 2. The average Bonchev–Trinajstić information content (AvgIpc) is 2.94. The Kier molecular flexibility index (Phi) is 10.9. The molecule has 3 aromatic carbocycles. The molecule has 2 N–H and O–H groups in total. The minimum absolute atomic E-state index is 0.156. The molecule has 3 rings (SSSR count). The van der Waals surface area contributed by atoms with Crippen LogP contribution in [0.4, 0.5) is 0 Å². The highest BCUT2D eigenvalue weighted by Gasteiger charge is 2.26. The van der Waals surface area contributed by atoms with E-state index in [4.69, 9.17) is 16.3 Å². The van der Waals surface area contributed by atoms with Crippen LogP contribution in [0.1, 0.15) is 37.0 Å². The van der Waals surface area contributed by atoms with Crippen molar-refractivity contribution in [2.45, 2.75) is 50.7 Å². The molecule has 0 radical (unpaired) electrons. The molecular weight excluding hydrogens is 538 g/mol. The molecule has 8 nitrogen and oxygen atoms in total. The summed E-state index contributed by atoms with van der Waals surface area (Å²) in [5, 5.41) is 3.50. The second kappa shape index (κ2) is 14.1. The zero-order valence-corrected chi connectivity index (χ0v) is 23.9. The summed E-state index contributed by atoms with van der Waals surface area (Å²) in [7, 11) is -1.95. The Morgan fingerprint density at radius 1 is 0.923 bits per heavy atom. The molecule has 0 heterocycles. The van der Waals surface area contributed by atoms with Crippen LogP contribution in [-0.4, -0.2) is 44.8 Å². The van der Waals surface area contributed by atoms with E-state index in [9.17, 15) is 18.0 Å². The smallest absolute Gasteiger partial charge is 0.242 e. The highest BCUT2D eigenvalue weighted by atomic mass is 35.5. The molecule has 0 saturated heterocycles. The molecule has 0 aliphatic heterocycles. The van der Waals surface area contributed by atoms with E-state index in [0.717, 1.165) is 22.4 Å². The van der Waals surface area contributed by atoms with E-state index in [1.165, 1.54) is 12.1 Å². The number of benzene rings is 3. The molecule has 1 atom stereocenters. The number of carbonyl (C=O) groups excluding carboxylic acids is 2. The Labute approximate surface area is 235 Å². The first-order chi connectivity index (χ1) is 18.6. The second-order valence-electron chi connectivity index (χ2n) is 9.04. The maximum atomic E-state index is 13.4. The fraction of sp³-hybridized carbons (Fsp3) is 0.310. The van der Waals surface area contributed by atoms with Crippen LogP contribution >= 0.6 is 11.6 Å². The van der Waals surface area contributed by atoms with Crippen LogP contribution in [0.15, 0.2) is 77.7 Å². The van der Waals surface area contributed by atoms with Gasteiger partial charge in [-0.3, -0.25) is 9.59 Å². The highest BCUT2D eigenvalue weighted by molar-refractivity contribution is 7.89. The third kappa shape index (κ3) is 8.81. The average molecular weight is 572 g/mol. The van der Waals surface area contributed by atoms with Gasteiger partial charge in [-0.2, -0.15) is 0 Å². The minimum atomic E-state index is -3.54. The van der Waals surface area contributed by atoms with Gasteiger partial charge in [-0.25, -0.2) is 13.1 Å². The first-order valence-electron chi connectivity index (χ1n) is 12.7. The lowest BCUT2D eigenvalue weighted by Crippen LogP contribution is -2.47. The van der Waals surface area contributed by atoms with Gasteiger partial charge < -0.3 is 15.0 Å². The van der Waals surface area contributed by atoms with Gasteiger partial charge in [0, 0.05) is 31.1 Å². The molecule has 0 fully saturated rings. The van der Waals surface area contributed by atoms with Gasteiger partial charge >= 0.3 is 0 Å². The first kappa shape index (κ1) is 30.1. The molecule has 208 valence electrons. The van der Waals surface area contributed by atoms with E-state index in [0.29, 0.717) is 24.5 Å². The van der Waals surface area contributed by atoms with Crippen molar-refractivity contribution in [3.63, 3.8) is 0 Å². The van der Waals surface area contributed by atoms with Crippen molar-refractivity contribution in [1.82, 2.24) is 14.9 Å². The van der Waals surface area contributed by atoms with Gasteiger partial charge in [-0.15, -0.1) is 0 Å². The van der Waals surface area contributed by atoms with Gasteiger partial charge in [0.25, 0.3) is 0 Å². The van der Waals surface area contributed by atoms with Gasteiger partial charge in [-0.1, -0.05) is 54.9 Å². The van der Waals surface area contributed by atoms with Crippen LogP contribution in [0, 0.1) is 0 Å². The molecule has 0 saturated carbocycles. The van der Waals surface area contributed by atoms with Crippen LogP contribution < -0.4 is 14.8 Å². The number of carbonyl (C=O) groups is 2. The lowest BCUT2D eigenvalue weighted by Gasteiger charge is -2.29. The lowest BCUT2D eigenvalue weighted by molar-refractivity contribution is -0.140. The summed E-state index contributed by atoms with van der Waals surface area (Å²) in [6.07, 6.45) is 0.556. The number of nitrogens with zero attached hydrogens (tertiary/aromatic N) is 1. The van der Waals surface area contributed by atoms with Crippen LogP contribution in [-0.2, 0) is 39.1 Å². The van der Waals surface area contributed by atoms with Gasteiger partial charge in [0.1, 0.15) is 11.8 Å². The Bertz CT molecular complexity index is 1350. The molecule has 39 heavy (non-hydrogen) atoms. The zero-order valence-electron chi connectivity index (χ0n) is 22.3. The van der Waals surface area contributed by atoms with Gasteiger partial charge in [0.2, 0.25) is 21.8 Å². The SMILES string of the molecule is CCNS(=O)(=O)c1ccc(CCC(=O)N(Cc2ccc(Cl)cc2)C(C)C(=O)NCc2ccc(OC)cc2)cc1. The number of methoxy groups -OCH3 is 1. The Hall–Kier alpha value is -3.40. The predicted octanol–water partition coefficient (Wildman–Crippen LogP) is 4.31. The van der Waals surface area contributed by atoms with Gasteiger partial charge in [0.15, 0.2) is 0 Å². The number of nitrogens with one attached hydrogen (secondary N) is 2. The summed E-state index contributed by atoms with van der Waals surface area (Å²) in [5.74, 6) is 0.264. The van der Waals surface area contributed by atoms with E-state index in [1.807, 2.05) is 36.4 Å². The van der Waals surface area contributed by atoms with E-state index in [1.54, 1.807) is 50.1 Å². The molecule has 0 spiro atoms. The maximum Gasteiger partial charge on any atom is 0.242 e. The first-order valence-corrected chi connectivity index (χ1v) is 14.5. The Morgan fingerprint density at radius 3 is 2.10 bits per heavy atom. The number of ether oxygens (including phenoxy) is 1. The zero-order chi connectivity index (χ0) is 28.4. The predicted molar refractivity (Wildman–Crippen MR) is 152 cm³/mol. The quantitative estimate of drug-likeness (QED) is 0.318. The molecule has 10 heteroatoms. The number of aryl methyl sites for hydroxylation is 1. The van der Waals surface area contributed by atoms with Crippen molar-refractivity contribution in [2.75, 3.05) is 13.7 Å². The highest BCUT2D eigenvalue weighted by Crippen LogP contribution is 2.17. The standard InChI is InChI=1S/C29H34ClN3O5S/c1-4-32-39(36,37)27-16-9-22(10-17-27)11-18-28(34)33(20-24-5-12-25(30)13-6-24)21(2)29(35)31-19-23-7-14-26(38-3)15-8-23/h5-10,12-17,21,32H,4,11,18-20H2,1-3H3,(H,31,35). The maximum absolute atomic E-state index is 13.4. The van der Waals surface area contributed by atoms with Crippen molar-refractivity contribution in [1.29, 1.82) is 0 Å². The van der Waals surface area contributed by atoms with E-state index in [-0.39, 0.29) is 29.7 Å². The molecule has 3 aromatic rings. The minimum Gasteiger partial charge on any atom is -0.497 e. The molecule has 0 aliphatic rings. The van der Waals surface area contributed by atoms with Crippen molar-refractivity contribution in [3.8, 4) is 5.75 Å². The van der Waals surface area contributed by atoms with Gasteiger partial charge in [0.05, 0.1) is 12.0 Å². The summed E-state index contributed by atoms with van der Waals surface area (Å²) in [4.78, 5) is 28.2. The largest absolute Gasteiger partial charge is 0.497 e. The summed E-state index contributed by atoms with van der Waals surface area (Å²) in [5.41, 5.74) is 2.58. The summed E-state index contributed by atoms with van der Waals surface area (Å²) in [6, 6.07) is 20.3. The molecular formula is C29H34ClN3O5S. The fourth-order valence-corrected chi connectivity index (χ4v) is 5.12. The lowest BCUT2D eigenvalue weighted by atomic mass is 10.1. The van der Waals surface area contributed by atoms with Crippen LogP contribution in [0.5, 0.6) is 5.75 Å². The third-order valence-corrected chi connectivity index (χ3v) is 8.07. The third-order valence-electron chi connectivity index (χ3n) is 6.25. The van der Waals surface area contributed by atoms with E-state index < -0.39 is 16.1 Å². The Balaban J connectivity index is 1.69. The normalized spacial score (nSPS) is 12.0. The molecule has 0 aliphatic carbocycles. The molecule has 2 amide bonds. The fourth-order valence-electron chi connectivity index (χ4n) is 3.95. The molecule has 1 unspecified atom stereocenters. The van der Waals surface area contributed by atoms with Gasteiger partial charge in [-0.05, 0) is 66.4 Å². The number of sulfonamides is 1. The van der Waals surface area contributed by atoms with Crippen molar-refractivity contribution in [3.05, 3.63) is 94.5 Å². The van der Waals surface area contributed by atoms with Crippen LogP contribution in [0.3, 0.4) is 0 Å². The molecule has 0 bridgehead atoms. The Morgan fingerprint density at radius 2 is 1.51 bits per heavy atom.